The lowest BCUT2D eigenvalue weighted by atomic mass is 10.1. The Morgan fingerprint density at radius 3 is 2.57 bits per heavy atom. The first-order valence-corrected chi connectivity index (χ1v) is 7.31. The largest absolute Gasteiger partial charge is 0.497 e. The van der Waals surface area contributed by atoms with Crippen molar-refractivity contribution in [3.8, 4) is 11.5 Å². The fraction of sp³-hybridized carbons (Fsp3) is 0.333. The Hall–Kier alpha value is -2.00. The maximum absolute atomic E-state index is 5.43. The fourth-order valence-corrected chi connectivity index (χ4v) is 2.73. The summed E-state index contributed by atoms with van der Waals surface area (Å²) < 4.78 is 10.7. The lowest BCUT2D eigenvalue weighted by molar-refractivity contribution is 0.389. The zero-order valence-electron chi connectivity index (χ0n) is 12.5. The van der Waals surface area contributed by atoms with Gasteiger partial charge in [0.1, 0.15) is 11.5 Å². The molecule has 0 radical (unpaired) electrons. The molecule has 1 saturated carbocycles. The highest BCUT2D eigenvalue weighted by Gasteiger charge is 2.37. The Bertz CT molecular complexity index is 597. The van der Waals surface area contributed by atoms with Gasteiger partial charge in [0.25, 0.3) is 0 Å². The molecule has 3 rings (SSSR count). The molecule has 1 N–H and O–H groups in total. The zero-order valence-corrected chi connectivity index (χ0v) is 12.5. The van der Waals surface area contributed by atoms with E-state index >= 15 is 0 Å². The molecule has 0 saturated heterocycles. The molecule has 0 aliphatic heterocycles. The average molecular weight is 283 g/mol. The van der Waals surface area contributed by atoms with Crippen molar-refractivity contribution in [3.05, 3.63) is 59.7 Å². The van der Waals surface area contributed by atoms with Gasteiger partial charge in [-0.3, -0.25) is 0 Å². The zero-order chi connectivity index (χ0) is 14.7. The van der Waals surface area contributed by atoms with Crippen molar-refractivity contribution in [3.63, 3.8) is 0 Å². The summed E-state index contributed by atoms with van der Waals surface area (Å²) in [5, 5.41) is 3.61. The third-order valence-corrected chi connectivity index (χ3v) is 4.07. The molecule has 110 valence electrons. The van der Waals surface area contributed by atoms with E-state index in [1.54, 1.807) is 14.2 Å². The Morgan fingerprint density at radius 1 is 1.05 bits per heavy atom. The third kappa shape index (κ3) is 3.19. The van der Waals surface area contributed by atoms with E-state index in [1.165, 1.54) is 12.0 Å². The van der Waals surface area contributed by atoms with Crippen LogP contribution in [-0.4, -0.2) is 20.3 Å². The molecular formula is C18H21NO2. The second-order valence-corrected chi connectivity index (χ2v) is 5.42. The molecule has 2 atom stereocenters. The van der Waals surface area contributed by atoms with Crippen LogP contribution in [-0.2, 0) is 6.54 Å². The monoisotopic (exact) mass is 283 g/mol. The predicted octanol–water partition coefficient (Wildman–Crippen LogP) is 3.35. The van der Waals surface area contributed by atoms with Crippen LogP contribution in [0.4, 0.5) is 0 Å². The first-order valence-electron chi connectivity index (χ1n) is 7.31. The molecule has 2 unspecified atom stereocenters. The molecule has 0 bridgehead atoms. The standard InChI is InChI=1S/C18H21NO2/c1-20-15-9-8-14(18(10-15)21-2)12-19-17-11-16(17)13-6-4-3-5-7-13/h3-10,16-17,19H,11-12H2,1-2H3. The molecule has 0 amide bonds. The first-order chi connectivity index (χ1) is 10.3. The van der Waals surface area contributed by atoms with Crippen LogP contribution in [0.3, 0.4) is 0 Å². The second kappa shape index (κ2) is 6.19. The molecule has 1 fully saturated rings. The number of hydrogen-bond acceptors (Lipinski definition) is 3. The Morgan fingerprint density at radius 2 is 1.86 bits per heavy atom. The lowest BCUT2D eigenvalue weighted by Gasteiger charge is -2.11. The van der Waals surface area contributed by atoms with Crippen LogP contribution in [0, 0.1) is 0 Å². The molecule has 3 nitrogen and oxygen atoms in total. The van der Waals surface area contributed by atoms with Crippen LogP contribution in [0.2, 0.25) is 0 Å². The molecule has 0 spiro atoms. The van der Waals surface area contributed by atoms with Crippen molar-refractivity contribution in [1.29, 1.82) is 0 Å². The predicted molar refractivity (Wildman–Crippen MR) is 84.0 cm³/mol. The summed E-state index contributed by atoms with van der Waals surface area (Å²) in [7, 11) is 3.36. The van der Waals surface area contributed by atoms with Crippen molar-refractivity contribution in [1.82, 2.24) is 5.32 Å². The molecule has 3 heteroatoms. The quantitative estimate of drug-likeness (QED) is 0.882. The number of rotatable bonds is 6. The van der Waals surface area contributed by atoms with E-state index in [1.807, 2.05) is 12.1 Å². The lowest BCUT2D eigenvalue weighted by Crippen LogP contribution is -2.17. The van der Waals surface area contributed by atoms with Gasteiger partial charge in [0.05, 0.1) is 14.2 Å². The van der Waals surface area contributed by atoms with E-state index in [2.05, 4.69) is 41.7 Å². The van der Waals surface area contributed by atoms with Gasteiger partial charge in [0.2, 0.25) is 0 Å². The van der Waals surface area contributed by atoms with Gasteiger partial charge in [-0.25, -0.2) is 0 Å². The summed E-state index contributed by atoms with van der Waals surface area (Å²) in [5.74, 6) is 2.35. The fourth-order valence-electron chi connectivity index (χ4n) is 2.73. The SMILES string of the molecule is COc1ccc(CNC2CC2c2ccccc2)c(OC)c1. The molecule has 0 aromatic heterocycles. The summed E-state index contributed by atoms with van der Waals surface area (Å²) in [6.07, 6.45) is 1.21. The van der Waals surface area contributed by atoms with E-state index < -0.39 is 0 Å². The smallest absolute Gasteiger partial charge is 0.127 e. The van der Waals surface area contributed by atoms with Crippen molar-refractivity contribution in [2.45, 2.75) is 24.9 Å². The highest BCUT2D eigenvalue weighted by molar-refractivity contribution is 5.41. The van der Waals surface area contributed by atoms with Crippen LogP contribution < -0.4 is 14.8 Å². The van der Waals surface area contributed by atoms with Gasteiger partial charge in [-0.05, 0) is 18.1 Å². The number of benzene rings is 2. The highest BCUT2D eigenvalue weighted by atomic mass is 16.5. The molecule has 21 heavy (non-hydrogen) atoms. The van der Waals surface area contributed by atoms with Gasteiger partial charge in [-0.15, -0.1) is 0 Å². The minimum Gasteiger partial charge on any atom is -0.497 e. The molecule has 1 aliphatic rings. The second-order valence-electron chi connectivity index (χ2n) is 5.42. The number of ether oxygens (including phenoxy) is 2. The Kier molecular flexibility index (Phi) is 4.11. The minimum absolute atomic E-state index is 0.569. The van der Waals surface area contributed by atoms with Gasteiger partial charge in [0.15, 0.2) is 0 Å². The van der Waals surface area contributed by atoms with Gasteiger partial charge in [-0.1, -0.05) is 36.4 Å². The Labute approximate surface area is 125 Å². The summed E-state index contributed by atoms with van der Waals surface area (Å²) in [5.41, 5.74) is 2.59. The van der Waals surface area contributed by atoms with E-state index in [9.17, 15) is 0 Å². The molecular weight excluding hydrogens is 262 g/mol. The van der Waals surface area contributed by atoms with Crippen LogP contribution >= 0.6 is 0 Å². The van der Waals surface area contributed by atoms with E-state index in [4.69, 9.17) is 9.47 Å². The van der Waals surface area contributed by atoms with Crippen molar-refractivity contribution < 1.29 is 9.47 Å². The summed E-state index contributed by atoms with van der Waals surface area (Å²) in [6, 6.07) is 17.2. The van der Waals surface area contributed by atoms with Gasteiger partial charge in [0, 0.05) is 30.1 Å². The maximum atomic E-state index is 5.43. The minimum atomic E-state index is 0.569. The molecule has 1 aliphatic carbocycles. The van der Waals surface area contributed by atoms with Crippen LogP contribution in [0.5, 0.6) is 11.5 Å². The maximum Gasteiger partial charge on any atom is 0.127 e. The number of methoxy groups -OCH3 is 2. The summed E-state index contributed by atoms with van der Waals surface area (Å²) >= 11 is 0. The molecule has 0 heterocycles. The van der Waals surface area contributed by atoms with Gasteiger partial charge in [-0.2, -0.15) is 0 Å². The highest BCUT2D eigenvalue weighted by Crippen LogP contribution is 2.41. The van der Waals surface area contributed by atoms with Crippen molar-refractivity contribution in [2.24, 2.45) is 0 Å². The topological polar surface area (TPSA) is 30.5 Å². The van der Waals surface area contributed by atoms with E-state index in [0.29, 0.717) is 12.0 Å². The molecule has 2 aromatic carbocycles. The van der Waals surface area contributed by atoms with Crippen LogP contribution in [0.1, 0.15) is 23.5 Å². The number of nitrogens with one attached hydrogen (secondary N) is 1. The van der Waals surface area contributed by atoms with Crippen LogP contribution in [0.25, 0.3) is 0 Å². The number of hydrogen-bond donors (Lipinski definition) is 1. The summed E-state index contributed by atoms with van der Waals surface area (Å²) in [6.45, 7) is 0.821. The normalized spacial score (nSPS) is 20.1. The van der Waals surface area contributed by atoms with Crippen LogP contribution in [0.15, 0.2) is 48.5 Å². The first kappa shape index (κ1) is 14.0. The van der Waals surface area contributed by atoms with Crippen molar-refractivity contribution in [2.75, 3.05) is 14.2 Å². The summed E-state index contributed by atoms with van der Waals surface area (Å²) in [4.78, 5) is 0. The van der Waals surface area contributed by atoms with E-state index in [0.717, 1.165) is 23.6 Å². The molecule has 2 aromatic rings. The average Bonchev–Trinajstić information content (AvgIpc) is 3.33. The van der Waals surface area contributed by atoms with E-state index in [-0.39, 0.29) is 0 Å². The third-order valence-electron chi connectivity index (χ3n) is 4.07. The van der Waals surface area contributed by atoms with Gasteiger partial charge < -0.3 is 14.8 Å². The Balaban J connectivity index is 1.59. The van der Waals surface area contributed by atoms with Crippen molar-refractivity contribution >= 4 is 0 Å². The van der Waals surface area contributed by atoms with Gasteiger partial charge >= 0.3 is 0 Å².